The third-order valence-corrected chi connectivity index (χ3v) is 6.00. The lowest BCUT2D eigenvalue weighted by Crippen LogP contribution is -2.35. The minimum Gasteiger partial charge on any atom is -0.155 e. The maximum atomic E-state index is 2.44. The smallest absolute Gasteiger partial charge is 0.00830 e. The summed E-state index contributed by atoms with van der Waals surface area (Å²) >= 11 is 2.34. The molecular formula is C14H26S. The molecule has 2 fully saturated rings. The van der Waals surface area contributed by atoms with Crippen molar-refractivity contribution >= 4 is 11.8 Å². The Balaban J connectivity index is 1.92. The van der Waals surface area contributed by atoms with E-state index in [4.69, 9.17) is 0 Å². The molecule has 2 unspecified atom stereocenters. The number of thioether (sulfide) groups is 1. The van der Waals surface area contributed by atoms with Crippen molar-refractivity contribution in [3.05, 3.63) is 0 Å². The fraction of sp³-hybridized carbons (Fsp3) is 1.00. The lowest BCUT2D eigenvalue weighted by molar-refractivity contribution is 0.187. The monoisotopic (exact) mass is 226 g/mol. The van der Waals surface area contributed by atoms with E-state index in [0.717, 1.165) is 16.4 Å². The normalized spacial score (nSPS) is 33.8. The van der Waals surface area contributed by atoms with Gasteiger partial charge in [0.25, 0.3) is 0 Å². The average molecular weight is 226 g/mol. The van der Waals surface area contributed by atoms with E-state index in [1.54, 1.807) is 0 Å². The summed E-state index contributed by atoms with van der Waals surface area (Å²) in [7, 11) is 0. The summed E-state index contributed by atoms with van der Waals surface area (Å²) in [5.41, 5.74) is 0.530. The van der Waals surface area contributed by atoms with Gasteiger partial charge in [-0.3, -0.25) is 0 Å². The Kier molecular flexibility index (Phi) is 3.70. The molecule has 0 radical (unpaired) electrons. The zero-order chi connectivity index (χ0) is 10.9. The molecule has 0 heterocycles. The van der Waals surface area contributed by atoms with E-state index in [-0.39, 0.29) is 0 Å². The van der Waals surface area contributed by atoms with Crippen molar-refractivity contribution in [1.29, 1.82) is 0 Å². The van der Waals surface area contributed by atoms with Crippen LogP contribution in [0.4, 0.5) is 0 Å². The summed E-state index contributed by atoms with van der Waals surface area (Å²) in [4.78, 5) is 0. The third-order valence-electron chi connectivity index (χ3n) is 4.23. The van der Waals surface area contributed by atoms with E-state index in [1.165, 1.54) is 44.9 Å². The second-order valence-corrected chi connectivity index (χ2v) is 8.03. The van der Waals surface area contributed by atoms with E-state index in [2.05, 4.69) is 32.5 Å². The fourth-order valence-electron chi connectivity index (χ4n) is 3.00. The largest absolute Gasteiger partial charge is 0.155 e. The minimum atomic E-state index is 0.530. The third kappa shape index (κ3) is 2.93. The van der Waals surface area contributed by atoms with Crippen LogP contribution in [0.3, 0.4) is 0 Å². The van der Waals surface area contributed by atoms with Gasteiger partial charge in [0, 0.05) is 10.5 Å². The fourth-order valence-corrected chi connectivity index (χ4v) is 5.14. The van der Waals surface area contributed by atoms with Gasteiger partial charge < -0.3 is 0 Å². The van der Waals surface area contributed by atoms with Gasteiger partial charge in [-0.1, -0.05) is 40.0 Å². The Morgan fingerprint density at radius 2 is 1.53 bits per heavy atom. The molecule has 0 aromatic carbocycles. The molecule has 1 heteroatoms. The van der Waals surface area contributed by atoms with Gasteiger partial charge in [0.15, 0.2) is 0 Å². The molecule has 0 spiro atoms. The molecule has 0 aromatic rings. The highest BCUT2D eigenvalue weighted by Gasteiger charge is 2.36. The zero-order valence-electron chi connectivity index (χ0n) is 10.6. The average Bonchev–Trinajstić information content (AvgIpc) is 2.10. The molecule has 2 saturated carbocycles. The predicted molar refractivity (Wildman–Crippen MR) is 70.4 cm³/mol. The van der Waals surface area contributed by atoms with Crippen LogP contribution in [0, 0.1) is 11.3 Å². The first kappa shape index (κ1) is 11.8. The standard InChI is InChI=1S/C14H26S/c1-14(2,3)12-9-4-5-10-13(12)15-11-7-6-8-11/h11-13H,4-10H2,1-3H3. The molecular weight excluding hydrogens is 200 g/mol. The Morgan fingerprint density at radius 3 is 2.07 bits per heavy atom. The highest BCUT2D eigenvalue weighted by atomic mass is 32.2. The molecule has 0 N–H and O–H groups in total. The first-order valence-corrected chi connectivity index (χ1v) is 7.67. The summed E-state index contributed by atoms with van der Waals surface area (Å²) in [6.45, 7) is 7.33. The van der Waals surface area contributed by atoms with Crippen molar-refractivity contribution in [2.45, 2.75) is 76.2 Å². The number of rotatable bonds is 2. The molecule has 0 saturated heterocycles. The van der Waals surface area contributed by atoms with Gasteiger partial charge in [-0.2, -0.15) is 11.8 Å². The highest BCUT2D eigenvalue weighted by molar-refractivity contribution is 8.00. The SMILES string of the molecule is CC(C)(C)C1CCCCC1SC1CCC1. The predicted octanol–water partition coefficient (Wildman–Crippen LogP) is 4.88. The molecule has 88 valence electrons. The van der Waals surface area contributed by atoms with Crippen LogP contribution in [0.25, 0.3) is 0 Å². The molecule has 15 heavy (non-hydrogen) atoms. The maximum absolute atomic E-state index is 2.44. The van der Waals surface area contributed by atoms with E-state index in [9.17, 15) is 0 Å². The van der Waals surface area contributed by atoms with Crippen molar-refractivity contribution in [2.75, 3.05) is 0 Å². The molecule has 2 aliphatic carbocycles. The van der Waals surface area contributed by atoms with Crippen molar-refractivity contribution < 1.29 is 0 Å². The van der Waals surface area contributed by atoms with Gasteiger partial charge in [-0.05, 0) is 37.0 Å². The van der Waals surface area contributed by atoms with Crippen LogP contribution in [0.1, 0.15) is 65.7 Å². The Bertz CT molecular complexity index is 200. The lowest BCUT2D eigenvalue weighted by Gasteiger charge is -2.42. The van der Waals surface area contributed by atoms with Crippen LogP contribution in [0.15, 0.2) is 0 Å². The molecule has 2 rings (SSSR count). The summed E-state index contributed by atoms with van der Waals surface area (Å²) in [6, 6.07) is 0. The Hall–Kier alpha value is 0.350. The first-order chi connectivity index (χ1) is 7.07. The lowest BCUT2D eigenvalue weighted by atomic mass is 9.72. The molecule has 0 nitrogen and oxygen atoms in total. The van der Waals surface area contributed by atoms with Gasteiger partial charge in [0.05, 0.1) is 0 Å². The maximum Gasteiger partial charge on any atom is 0.00830 e. The van der Waals surface area contributed by atoms with E-state index in [1.807, 2.05) is 0 Å². The van der Waals surface area contributed by atoms with Crippen LogP contribution in [0.5, 0.6) is 0 Å². The summed E-state index contributed by atoms with van der Waals surface area (Å²) < 4.78 is 0. The summed E-state index contributed by atoms with van der Waals surface area (Å²) in [5, 5.41) is 2.00. The molecule has 0 aliphatic heterocycles. The molecule has 2 atom stereocenters. The van der Waals surface area contributed by atoms with E-state index >= 15 is 0 Å². The Labute approximate surface area is 99.6 Å². The first-order valence-electron chi connectivity index (χ1n) is 6.73. The van der Waals surface area contributed by atoms with Gasteiger partial charge in [0.2, 0.25) is 0 Å². The Morgan fingerprint density at radius 1 is 0.867 bits per heavy atom. The van der Waals surface area contributed by atoms with Crippen LogP contribution in [-0.2, 0) is 0 Å². The van der Waals surface area contributed by atoms with E-state index < -0.39 is 0 Å². The van der Waals surface area contributed by atoms with Crippen LogP contribution < -0.4 is 0 Å². The van der Waals surface area contributed by atoms with Crippen LogP contribution in [0.2, 0.25) is 0 Å². The molecule has 0 bridgehead atoms. The van der Waals surface area contributed by atoms with Crippen molar-refractivity contribution in [1.82, 2.24) is 0 Å². The number of hydrogen-bond acceptors (Lipinski definition) is 1. The summed E-state index contributed by atoms with van der Waals surface area (Å²) in [6.07, 6.45) is 10.4. The van der Waals surface area contributed by atoms with Gasteiger partial charge in [0.1, 0.15) is 0 Å². The number of hydrogen-bond donors (Lipinski definition) is 0. The molecule has 0 amide bonds. The summed E-state index contributed by atoms with van der Waals surface area (Å²) in [5.74, 6) is 0.969. The minimum absolute atomic E-state index is 0.530. The van der Waals surface area contributed by atoms with Gasteiger partial charge in [-0.15, -0.1) is 0 Å². The van der Waals surface area contributed by atoms with E-state index in [0.29, 0.717) is 5.41 Å². The van der Waals surface area contributed by atoms with Crippen molar-refractivity contribution in [3.63, 3.8) is 0 Å². The zero-order valence-corrected chi connectivity index (χ0v) is 11.4. The van der Waals surface area contributed by atoms with Crippen molar-refractivity contribution in [3.8, 4) is 0 Å². The molecule has 0 aromatic heterocycles. The van der Waals surface area contributed by atoms with Crippen LogP contribution >= 0.6 is 11.8 Å². The van der Waals surface area contributed by atoms with Crippen molar-refractivity contribution in [2.24, 2.45) is 11.3 Å². The van der Waals surface area contributed by atoms with Gasteiger partial charge >= 0.3 is 0 Å². The second-order valence-electron chi connectivity index (χ2n) is 6.48. The van der Waals surface area contributed by atoms with Crippen LogP contribution in [-0.4, -0.2) is 10.5 Å². The topological polar surface area (TPSA) is 0 Å². The van der Waals surface area contributed by atoms with Gasteiger partial charge in [-0.25, -0.2) is 0 Å². The molecule has 2 aliphatic rings. The quantitative estimate of drug-likeness (QED) is 0.647. The highest BCUT2D eigenvalue weighted by Crippen LogP contribution is 2.47. The second kappa shape index (κ2) is 4.69.